The number of amides is 1. The van der Waals surface area contributed by atoms with Gasteiger partial charge in [0.1, 0.15) is 17.3 Å². The zero-order valence-corrected chi connectivity index (χ0v) is 14.8. The van der Waals surface area contributed by atoms with Crippen molar-refractivity contribution in [3.05, 3.63) is 66.4 Å². The molecule has 8 nitrogen and oxygen atoms in total. The number of hydrogen-bond acceptors (Lipinski definition) is 7. The van der Waals surface area contributed by atoms with Crippen LogP contribution in [0.4, 0.5) is 11.6 Å². The van der Waals surface area contributed by atoms with Crippen LogP contribution in [0.25, 0.3) is 11.5 Å². The number of carbonyl (C=O) groups excluding carboxylic acids is 1. The van der Waals surface area contributed by atoms with Crippen LogP contribution >= 0.6 is 0 Å². The highest BCUT2D eigenvalue weighted by atomic mass is 16.5. The summed E-state index contributed by atoms with van der Waals surface area (Å²) in [5, 5.41) is 11.5. The van der Waals surface area contributed by atoms with Crippen molar-refractivity contribution in [3.8, 4) is 11.5 Å². The molecular weight excluding hydrogens is 344 g/mol. The Kier molecular flexibility index (Phi) is 5.91. The van der Waals surface area contributed by atoms with Gasteiger partial charge in [0.2, 0.25) is 0 Å². The standard InChI is InChI=1S/C19H20N6O2/c1-25(13-14-7-3-2-4-8-14)17-11-16(21-12-18(26)24-27)22-19(23-17)15-9-5-6-10-20-15/h2-11,27H,12-13H2,1H3,(H,24,26)(H,21,22,23). The van der Waals surface area contributed by atoms with Crippen molar-refractivity contribution in [1.82, 2.24) is 20.4 Å². The predicted molar refractivity (Wildman–Crippen MR) is 102 cm³/mol. The number of rotatable bonds is 7. The number of benzene rings is 1. The average Bonchev–Trinajstić information content (AvgIpc) is 2.73. The van der Waals surface area contributed by atoms with E-state index in [0.717, 1.165) is 5.56 Å². The molecule has 0 bridgehead atoms. The SMILES string of the molecule is CN(Cc1ccccc1)c1cc(NCC(=O)NO)nc(-c2ccccn2)n1. The molecule has 2 aromatic heterocycles. The van der Waals surface area contributed by atoms with E-state index in [1.807, 2.05) is 60.5 Å². The Morgan fingerprint density at radius 1 is 1.11 bits per heavy atom. The van der Waals surface area contributed by atoms with Crippen LogP contribution in [0.15, 0.2) is 60.8 Å². The molecule has 0 radical (unpaired) electrons. The molecule has 0 aliphatic rings. The molecule has 3 rings (SSSR count). The lowest BCUT2D eigenvalue weighted by Crippen LogP contribution is -2.27. The normalized spacial score (nSPS) is 10.3. The third-order valence-electron chi connectivity index (χ3n) is 3.82. The van der Waals surface area contributed by atoms with Crippen molar-refractivity contribution in [2.24, 2.45) is 0 Å². The molecule has 1 aromatic carbocycles. The second-order valence-corrected chi connectivity index (χ2v) is 5.88. The van der Waals surface area contributed by atoms with Crippen molar-refractivity contribution in [3.63, 3.8) is 0 Å². The second-order valence-electron chi connectivity index (χ2n) is 5.88. The van der Waals surface area contributed by atoms with Gasteiger partial charge in [-0.3, -0.25) is 15.0 Å². The summed E-state index contributed by atoms with van der Waals surface area (Å²) in [6.07, 6.45) is 1.67. The maximum Gasteiger partial charge on any atom is 0.262 e. The highest BCUT2D eigenvalue weighted by Crippen LogP contribution is 2.21. The summed E-state index contributed by atoms with van der Waals surface area (Å²) in [5.41, 5.74) is 3.36. The van der Waals surface area contributed by atoms with Crippen LogP contribution in [0.3, 0.4) is 0 Å². The summed E-state index contributed by atoms with van der Waals surface area (Å²) < 4.78 is 0. The van der Waals surface area contributed by atoms with E-state index in [-0.39, 0.29) is 6.54 Å². The Bertz CT molecular complexity index is 889. The average molecular weight is 364 g/mol. The molecule has 0 aliphatic carbocycles. The fourth-order valence-corrected chi connectivity index (χ4v) is 2.48. The number of pyridine rings is 1. The summed E-state index contributed by atoms with van der Waals surface area (Å²) in [6.45, 7) is 0.549. The summed E-state index contributed by atoms with van der Waals surface area (Å²) in [6, 6.07) is 17.3. The molecule has 138 valence electrons. The summed E-state index contributed by atoms with van der Waals surface area (Å²) in [5.74, 6) is 1.03. The van der Waals surface area contributed by atoms with Gasteiger partial charge in [-0.2, -0.15) is 0 Å². The fourth-order valence-electron chi connectivity index (χ4n) is 2.48. The summed E-state index contributed by atoms with van der Waals surface area (Å²) in [7, 11) is 1.93. The molecule has 0 unspecified atom stereocenters. The van der Waals surface area contributed by atoms with E-state index in [4.69, 9.17) is 5.21 Å². The zero-order valence-electron chi connectivity index (χ0n) is 14.8. The Morgan fingerprint density at radius 2 is 1.89 bits per heavy atom. The largest absolute Gasteiger partial charge is 0.361 e. The first kappa shape index (κ1) is 18.3. The highest BCUT2D eigenvalue weighted by Gasteiger charge is 2.12. The van der Waals surface area contributed by atoms with Crippen LogP contribution in [-0.4, -0.2) is 39.7 Å². The molecule has 0 atom stereocenters. The molecule has 3 N–H and O–H groups in total. The molecule has 0 fully saturated rings. The minimum Gasteiger partial charge on any atom is -0.361 e. The molecule has 0 spiro atoms. The third kappa shape index (κ3) is 4.99. The summed E-state index contributed by atoms with van der Waals surface area (Å²) in [4.78, 5) is 26.6. The van der Waals surface area contributed by atoms with Crippen LogP contribution in [0.2, 0.25) is 0 Å². The van der Waals surface area contributed by atoms with Gasteiger partial charge in [-0.15, -0.1) is 0 Å². The molecule has 8 heteroatoms. The molecular formula is C19H20N6O2. The van der Waals surface area contributed by atoms with Crippen LogP contribution in [0, 0.1) is 0 Å². The smallest absolute Gasteiger partial charge is 0.262 e. The Hall–Kier alpha value is -3.52. The number of carbonyl (C=O) groups is 1. The monoisotopic (exact) mass is 364 g/mol. The van der Waals surface area contributed by atoms with E-state index in [1.54, 1.807) is 17.7 Å². The fraction of sp³-hybridized carbons (Fsp3) is 0.158. The minimum atomic E-state index is -0.563. The van der Waals surface area contributed by atoms with Gasteiger partial charge in [-0.05, 0) is 17.7 Å². The minimum absolute atomic E-state index is 0.114. The van der Waals surface area contributed by atoms with Gasteiger partial charge in [0.05, 0.1) is 6.54 Å². The van der Waals surface area contributed by atoms with E-state index < -0.39 is 5.91 Å². The number of anilines is 2. The summed E-state index contributed by atoms with van der Waals surface area (Å²) >= 11 is 0. The zero-order chi connectivity index (χ0) is 19.1. The van der Waals surface area contributed by atoms with Crippen molar-refractivity contribution in [1.29, 1.82) is 0 Å². The second kappa shape index (κ2) is 8.72. The van der Waals surface area contributed by atoms with Gasteiger partial charge in [0, 0.05) is 25.9 Å². The molecule has 27 heavy (non-hydrogen) atoms. The van der Waals surface area contributed by atoms with E-state index in [0.29, 0.717) is 29.7 Å². The lowest BCUT2D eigenvalue weighted by Gasteiger charge is -2.20. The third-order valence-corrected chi connectivity index (χ3v) is 3.82. The first-order valence-corrected chi connectivity index (χ1v) is 8.38. The molecule has 0 saturated carbocycles. The number of hydrogen-bond donors (Lipinski definition) is 3. The Labute approximate surface area is 156 Å². The number of nitrogens with one attached hydrogen (secondary N) is 2. The van der Waals surface area contributed by atoms with E-state index in [9.17, 15) is 4.79 Å². The number of nitrogens with zero attached hydrogens (tertiary/aromatic N) is 4. The van der Waals surface area contributed by atoms with Gasteiger partial charge in [0.15, 0.2) is 5.82 Å². The van der Waals surface area contributed by atoms with Gasteiger partial charge in [-0.25, -0.2) is 15.4 Å². The van der Waals surface area contributed by atoms with E-state index in [1.165, 1.54) is 0 Å². The molecule has 0 aliphatic heterocycles. The van der Waals surface area contributed by atoms with Crippen LogP contribution in [0.5, 0.6) is 0 Å². The predicted octanol–water partition coefficient (Wildman–Crippen LogP) is 2.09. The van der Waals surface area contributed by atoms with Crippen molar-refractivity contribution < 1.29 is 10.0 Å². The van der Waals surface area contributed by atoms with Crippen LogP contribution in [-0.2, 0) is 11.3 Å². The molecule has 2 heterocycles. The maximum absolute atomic E-state index is 11.3. The lowest BCUT2D eigenvalue weighted by atomic mass is 10.2. The quantitative estimate of drug-likeness (QED) is 0.436. The first-order chi connectivity index (χ1) is 13.2. The first-order valence-electron chi connectivity index (χ1n) is 8.38. The molecule has 1 amide bonds. The van der Waals surface area contributed by atoms with Gasteiger partial charge in [-0.1, -0.05) is 36.4 Å². The van der Waals surface area contributed by atoms with Gasteiger partial charge >= 0.3 is 0 Å². The van der Waals surface area contributed by atoms with Crippen molar-refractivity contribution in [2.45, 2.75) is 6.54 Å². The van der Waals surface area contributed by atoms with E-state index >= 15 is 0 Å². The van der Waals surface area contributed by atoms with E-state index in [2.05, 4.69) is 20.3 Å². The van der Waals surface area contributed by atoms with Crippen molar-refractivity contribution >= 4 is 17.5 Å². The molecule has 3 aromatic rings. The van der Waals surface area contributed by atoms with Gasteiger partial charge in [0.25, 0.3) is 5.91 Å². The van der Waals surface area contributed by atoms with Crippen LogP contribution < -0.4 is 15.7 Å². The maximum atomic E-state index is 11.3. The van der Waals surface area contributed by atoms with Crippen molar-refractivity contribution in [2.75, 3.05) is 23.8 Å². The topological polar surface area (TPSA) is 103 Å². The highest BCUT2D eigenvalue weighted by molar-refractivity contribution is 5.79. The molecule has 0 saturated heterocycles. The van der Waals surface area contributed by atoms with Crippen LogP contribution in [0.1, 0.15) is 5.56 Å². The van der Waals surface area contributed by atoms with Gasteiger partial charge < -0.3 is 10.2 Å². The lowest BCUT2D eigenvalue weighted by molar-refractivity contribution is -0.127. The Morgan fingerprint density at radius 3 is 2.59 bits per heavy atom. The Balaban J connectivity index is 1.90. The number of hydroxylamine groups is 1. The number of aromatic nitrogens is 3.